The van der Waals surface area contributed by atoms with Crippen molar-refractivity contribution in [2.24, 2.45) is 0 Å². The van der Waals surface area contributed by atoms with Gasteiger partial charge in [-0.25, -0.2) is 77.3 Å². The van der Waals surface area contributed by atoms with Crippen LogP contribution in [0.2, 0.25) is 0 Å². The van der Waals surface area contributed by atoms with Crippen molar-refractivity contribution in [2.75, 3.05) is 0 Å². The molecule has 37 heteroatoms. The fraction of sp³-hybridized carbons (Fsp3) is 0. The van der Waals surface area contributed by atoms with E-state index in [-0.39, 0.29) is 49.4 Å². The summed E-state index contributed by atoms with van der Waals surface area (Å²) in [5.41, 5.74) is -22.7. The van der Waals surface area contributed by atoms with Gasteiger partial charge in [-0.2, -0.15) is 0 Å². The zero-order valence-electron chi connectivity index (χ0n) is 39.0. The third kappa shape index (κ3) is 13.3. The Labute approximate surface area is 487 Å². The monoisotopic (exact) mass is 1280 g/mol. The predicted octanol–water partition coefficient (Wildman–Crippen LogP) is -0.766. The summed E-state index contributed by atoms with van der Waals surface area (Å²) in [6.45, 7) is 0. The second kappa shape index (κ2) is 26.3. The van der Waals surface area contributed by atoms with E-state index >= 15 is 0 Å². The molecule has 0 aromatic carbocycles. The van der Waals surface area contributed by atoms with Gasteiger partial charge in [0.15, 0.2) is 17.1 Å². The van der Waals surface area contributed by atoms with E-state index in [1.54, 1.807) is 0 Å². The van der Waals surface area contributed by atoms with Crippen molar-refractivity contribution in [1.29, 1.82) is 0 Å². The largest absolute Gasteiger partial charge is 2.00 e. The molecule has 0 aliphatic rings. The molecule has 0 saturated carbocycles. The normalized spacial score (nSPS) is 10.1. The second-order valence-electron chi connectivity index (χ2n) is 14.5. The van der Waals surface area contributed by atoms with Gasteiger partial charge in [-0.05, 0) is 36.4 Å². The molecule has 6 rings (SSSR count). The number of hydrogen-bond donors (Lipinski definition) is 13. The second-order valence-corrected chi connectivity index (χ2v) is 14.5. The van der Waals surface area contributed by atoms with Gasteiger partial charge in [0.25, 0.3) is 0 Å². The molecule has 0 atom stereocenters. The maximum Gasteiger partial charge on any atom is 2.00 e. The minimum atomic E-state index is -2.23. The Morgan fingerprint density at radius 2 is 0.500 bits per heavy atom. The smallest absolute Gasteiger partial charge is 0.545 e. The zero-order valence-corrected chi connectivity index (χ0v) is 41.4. The van der Waals surface area contributed by atoms with Gasteiger partial charge in [0, 0.05) is 29.7 Å². The minimum absolute atomic E-state index is 0. The van der Waals surface area contributed by atoms with E-state index in [2.05, 4.69) is 29.9 Å². The standard InChI is InChI=1S/3C15H8N2O10.Eu/c3*18-11(19)4-2-1-3-16-8(4)9-6(13(22)23)5(12(20)21)7(14(24)25)10(17-9)15(26)27;/h3*1-3H,(H,18,19)(H,20,21)(H,22,23)(H,24,25)(H,26,27);/q;;;+2/p-2. The van der Waals surface area contributed by atoms with E-state index in [0.717, 1.165) is 42.9 Å². The van der Waals surface area contributed by atoms with Crippen LogP contribution < -0.4 is 10.2 Å². The average molecular weight is 1280 g/mol. The summed E-state index contributed by atoms with van der Waals surface area (Å²) in [6.07, 6.45) is 3.08. The van der Waals surface area contributed by atoms with Crippen LogP contribution in [0.15, 0.2) is 55.0 Å². The summed E-state index contributed by atoms with van der Waals surface area (Å²) < 4.78 is 0. The van der Waals surface area contributed by atoms with Crippen LogP contribution in [0.4, 0.5) is 0 Å². The van der Waals surface area contributed by atoms with E-state index in [0.29, 0.717) is 0 Å². The van der Waals surface area contributed by atoms with E-state index < -0.39 is 208 Å². The molecule has 0 fully saturated rings. The van der Waals surface area contributed by atoms with E-state index in [1.807, 2.05) is 0 Å². The fourth-order valence-corrected chi connectivity index (χ4v) is 6.91. The molecular formula is C45H22EuN6O30. The number of carbonyl (C=O) groups is 15. The Kier molecular flexibility index (Phi) is 20.8. The van der Waals surface area contributed by atoms with Crippen LogP contribution in [-0.2, 0) is 0 Å². The number of aromatic carboxylic acids is 15. The molecule has 6 heterocycles. The quantitative estimate of drug-likeness (QED) is 0.0503. The van der Waals surface area contributed by atoms with Crippen molar-refractivity contribution in [2.45, 2.75) is 0 Å². The summed E-state index contributed by atoms with van der Waals surface area (Å²) in [7, 11) is 0. The number of pyridine rings is 6. The van der Waals surface area contributed by atoms with E-state index in [1.165, 1.54) is 12.1 Å². The molecule has 0 amide bonds. The van der Waals surface area contributed by atoms with Crippen LogP contribution >= 0.6 is 0 Å². The van der Waals surface area contributed by atoms with Crippen LogP contribution in [0.3, 0.4) is 0 Å². The van der Waals surface area contributed by atoms with Gasteiger partial charge in [0.1, 0.15) is 56.3 Å². The van der Waals surface area contributed by atoms with Gasteiger partial charge in [0.2, 0.25) is 0 Å². The van der Waals surface area contributed by atoms with Crippen LogP contribution in [0.1, 0.15) is 156 Å². The summed E-state index contributed by atoms with van der Waals surface area (Å²) >= 11 is 0. The Bertz CT molecular complexity index is 3480. The maximum atomic E-state index is 11.6. The van der Waals surface area contributed by atoms with Gasteiger partial charge in [-0.3, -0.25) is 15.0 Å². The predicted molar refractivity (Wildman–Crippen MR) is 242 cm³/mol. The van der Waals surface area contributed by atoms with Gasteiger partial charge in [-0.1, -0.05) is 0 Å². The van der Waals surface area contributed by atoms with Crippen LogP contribution in [0.5, 0.6) is 0 Å². The van der Waals surface area contributed by atoms with Crippen molar-refractivity contribution < 1.29 is 198 Å². The molecule has 6 aromatic heterocycles. The first-order valence-corrected chi connectivity index (χ1v) is 20.3. The molecule has 0 aliphatic heterocycles. The number of nitrogens with zero attached hydrogens (tertiary/aromatic N) is 6. The number of carboxylic acid groups (broad SMARTS) is 15. The topological polar surface area (TPSA) is 643 Å². The first-order valence-electron chi connectivity index (χ1n) is 20.3. The first-order chi connectivity index (χ1) is 37.7. The number of rotatable bonds is 18. The van der Waals surface area contributed by atoms with Crippen molar-refractivity contribution in [3.05, 3.63) is 139 Å². The van der Waals surface area contributed by atoms with E-state index in [4.69, 9.17) is 10.2 Å². The molecule has 0 unspecified atom stereocenters. The van der Waals surface area contributed by atoms with Gasteiger partial charge in [-0.15, -0.1) is 0 Å². The molecule has 6 aromatic rings. The molecule has 82 heavy (non-hydrogen) atoms. The third-order valence-corrected chi connectivity index (χ3v) is 9.89. The summed E-state index contributed by atoms with van der Waals surface area (Å²) in [4.78, 5) is 193. The Morgan fingerprint density at radius 3 is 0.720 bits per heavy atom. The SMILES string of the molecule is O=C(O)c1cccnc1-c1nc(C(=O)O)c(C(=O)O)c(C(=O)O)c1C(=O)O.O=C(O)c1cccnc1-c1nc(C(=O)O)c(C(=O)O)c(C(=O)O)c1C(=O)O.O=C([O-])c1cccnc1-c1nc(C(=O)O)c(C(=O)O)c(C(=O)O)c1C(=O)[O-].[Eu+2]. The number of hydrogen-bond acceptors (Lipinski definition) is 23. The van der Waals surface area contributed by atoms with Crippen molar-refractivity contribution in [3.8, 4) is 34.2 Å². The van der Waals surface area contributed by atoms with Crippen molar-refractivity contribution in [3.63, 3.8) is 0 Å². The Morgan fingerprint density at radius 1 is 0.268 bits per heavy atom. The van der Waals surface area contributed by atoms with Crippen molar-refractivity contribution in [1.82, 2.24) is 29.9 Å². The summed E-state index contributed by atoms with van der Waals surface area (Å²) in [6, 6.07) is 6.44. The number of aromatic nitrogens is 6. The fourth-order valence-electron chi connectivity index (χ4n) is 6.91. The average Bonchev–Trinajstić information content (AvgIpc) is 3.57. The van der Waals surface area contributed by atoms with Gasteiger partial charge >= 0.3 is 127 Å². The van der Waals surface area contributed by atoms with Crippen LogP contribution in [0, 0.1) is 49.4 Å². The zero-order chi connectivity index (χ0) is 61.4. The first kappa shape index (κ1) is 64.8. The Balaban J connectivity index is 0.000000321. The molecular weight excluding hydrogens is 1260 g/mol. The van der Waals surface area contributed by atoms with E-state index in [9.17, 15) is 138 Å². The summed E-state index contributed by atoms with van der Waals surface area (Å²) in [5, 5.41) is 143. The molecule has 0 bridgehead atoms. The molecule has 1 radical (unpaired) electrons. The van der Waals surface area contributed by atoms with Gasteiger partial charge < -0.3 is 86.2 Å². The number of carbonyl (C=O) groups excluding carboxylic acids is 2. The molecule has 0 aliphatic carbocycles. The summed E-state index contributed by atoms with van der Waals surface area (Å²) in [5.74, 6) is -29.4. The van der Waals surface area contributed by atoms with Crippen molar-refractivity contribution >= 4 is 89.5 Å². The molecule has 0 saturated heterocycles. The molecule has 0 spiro atoms. The molecule has 419 valence electrons. The maximum absolute atomic E-state index is 11.6. The molecule has 13 N–H and O–H groups in total. The molecule has 36 nitrogen and oxygen atoms in total. The number of carboxylic acids is 15. The van der Waals surface area contributed by atoms with Gasteiger partial charge in [0.05, 0.1) is 45.4 Å². The minimum Gasteiger partial charge on any atom is -0.545 e. The van der Waals surface area contributed by atoms with Crippen LogP contribution in [-0.4, -0.2) is 186 Å². The van der Waals surface area contributed by atoms with Crippen LogP contribution in [0.25, 0.3) is 34.2 Å². The Hall–Kier alpha value is -11.5. The third-order valence-electron chi connectivity index (χ3n) is 9.89.